The van der Waals surface area contributed by atoms with E-state index in [1.165, 1.54) is 11.1 Å². The van der Waals surface area contributed by atoms with Gasteiger partial charge in [0, 0.05) is 0 Å². The molecule has 1 atom stereocenters. The third kappa shape index (κ3) is 3.54. The zero-order chi connectivity index (χ0) is 12.3. The Morgan fingerprint density at radius 1 is 1.50 bits per heavy atom. The lowest BCUT2D eigenvalue weighted by Gasteiger charge is -2.22. The van der Waals surface area contributed by atoms with Crippen LogP contribution < -0.4 is 5.32 Å². The Labute approximate surface area is 98.2 Å². The second-order valence-electron chi connectivity index (χ2n) is 5.40. The molecule has 0 saturated carbocycles. The molecular weight excluding hydrogens is 202 g/mol. The van der Waals surface area contributed by atoms with Gasteiger partial charge in [-0.05, 0) is 52.5 Å². The fourth-order valence-electron chi connectivity index (χ4n) is 2.15. The maximum atomic E-state index is 11.6. The number of carbonyl (C=O) groups excluding carboxylic acids is 1. The van der Waals surface area contributed by atoms with Crippen molar-refractivity contribution in [3.8, 4) is 0 Å². The Morgan fingerprint density at radius 3 is 2.62 bits per heavy atom. The third-order valence-electron chi connectivity index (χ3n) is 2.85. The number of allylic oxidation sites excluding steroid dienone is 1. The minimum Gasteiger partial charge on any atom is -0.444 e. The topological polar surface area (TPSA) is 38.3 Å². The molecule has 0 aliphatic heterocycles. The highest BCUT2D eigenvalue weighted by molar-refractivity contribution is 5.68. The molecule has 0 spiro atoms. The van der Waals surface area contributed by atoms with Crippen molar-refractivity contribution in [2.75, 3.05) is 0 Å². The predicted molar refractivity (Wildman–Crippen MR) is 65.4 cm³/mol. The summed E-state index contributed by atoms with van der Waals surface area (Å²) in [6.45, 7) is 9.92. The number of alkyl carbamates (subject to hydrolysis) is 1. The van der Waals surface area contributed by atoms with Gasteiger partial charge in [-0.1, -0.05) is 12.5 Å². The van der Waals surface area contributed by atoms with Gasteiger partial charge >= 0.3 is 6.09 Å². The van der Waals surface area contributed by atoms with Crippen LogP contribution in [0, 0.1) is 0 Å². The zero-order valence-electron chi connectivity index (χ0n) is 11.0. The van der Waals surface area contributed by atoms with E-state index < -0.39 is 5.60 Å². The van der Waals surface area contributed by atoms with E-state index in [9.17, 15) is 4.79 Å². The standard InChI is InChI=1S/C13H23NO2/c1-6-10-9(2)7-8-11(10)14-12(15)16-13(3,4)5/h11H,6-8H2,1-5H3,(H,14,15). The van der Waals surface area contributed by atoms with E-state index in [0.29, 0.717) is 0 Å². The summed E-state index contributed by atoms with van der Waals surface area (Å²) in [5.74, 6) is 0. The fourth-order valence-corrected chi connectivity index (χ4v) is 2.15. The molecule has 1 amide bonds. The molecule has 0 heterocycles. The van der Waals surface area contributed by atoms with Crippen molar-refractivity contribution >= 4 is 6.09 Å². The van der Waals surface area contributed by atoms with Gasteiger partial charge in [0.2, 0.25) is 0 Å². The SMILES string of the molecule is CCC1=C(C)CCC1NC(=O)OC(C)(C)C. The van der Waals surface area contributed by atoms with E-state index in [1.807, 2.05) is 20.8 Å². The first-order valence-electron chi connectivity index (χ1n) is 6.01. The molecule has 0 aromatic heterocycles. The van der Waals surface area contributed by atoms with Crippen LogP contribution in [0.15, 0.2) is 11.1 Å². The van der Waals surface area contributed by atoms with Crippen molar-refractivity contribution in [3.05, 3.63) is 11.1 Å². The molecule has 1 unspecified atom stereocenters. The van der Waals surface area contributed by atoms with Crippen molar-refractivity contribution in [1.82, 2.24) is 5.32 Å². The summed E-state index contributed by atoms with van der Waals surface area (Å²) in [4.78, 5) is 11.6. The highest BCUT2D eigenvalue weighted by Gasteiger charge is 2.25. The maximum absolute atomic E-state index is 11.6. The van der Waals surface area contributed by atoms with Crippen LogP contribution in [0.1, 0.15) is 53.9 Å². The summed E-state index contributed by atoms with van der Waals surface area (Å²) in [6.07, 6.45) is 2.79. The number of hydrogen-bond acceptors (Lipinski definition) is 2. The second-order valence-corrected chi connectivity index (χ2v) is 5.40. The van der Waals surface area contributed by atoms with Crippen molar-refractivity contribution < 1.29 is 9.53 Å². The average molecular weight is 225 g/mol. The Hall–Kier alpha value is -0.990. The van der Waals surface area contributed by atoms with Crippen molar-refractivity contribution in [1.29, 1.82) is 0 Å². The summed E-state index contributed by atoms with van der Waals surface area (Å²) in [5, 5.41) is 2.95. The van der Waals surface area contributed by atoms with Crippen molar-refractivity contribution in [2.45, 2.75) is 65.5 Å². The molecule has 0 aromatic rings. The Balaban J connectivity index is 2.53. The minimum atomic E-state index is -0.423. The predicted octanol–water partition coefficient (Wildman–Crippen LogP) is 3.40. The Morgan fingerprint density at radius 2 is 2.12 bits per heavy atom. The Bertz CT molecular complexity index is 300. The van der Waals surface area contributed by atoms with E-state index in [-0.39, 0.29) is 12.1 Å². The zero-order valence-corrected chi connectivity index (χ0v) is 11.0. The molecule has 0 bridgehead atoms. The first-order valence-corrected chi connectivity index (χ1v) is 6.01. The highest BCUT2D eigenvalue weighted by Crippen LogP contribution is 2.28. The van der Waals surface area contributed by atoms with Crippen molar-refractivity contribution in [3.63, 3.8) is 0 Å². The van der Waals surface area contributed by atoms with Crippen LogP contribution >= 0.6 is 0 Å². The van der Waals surface area contributed by atoms with Gasteiger partial charge in [-0.3, -0.25) is 0 Å². The van der Waals surface area contributed by atoms with E-state index in [1.54, 1.807) is 0 Å². The monoisotopic (exact) mass is 225 g/mol. The molecule has 1 aliphatic rings. The number of nitrogens with one attached hydrogen (secondary N) is 1. The first kappa shape index (κ1) is 13.1. The first-order chi connectivity index (χ1) is 7.33. The molecular formula is C13H23NO2. The molecule has 92 valence electrons. The van der Waals surface area contributed by atoms with Gasteiger partial charge in [0.25, 0.3) is 0 Å². The summed E-state index contributed by atoms with van der Waals surface area (Å²) in [7, 11) is 0. The van der Waals surface area contributed by atoms with Gasteiger partial charge in [-0.15, -0.1) is 0 Å². The van der Waals surface area contributed by atoms with Crippen LogP contribution in [0.25, 0.3) is 0 Å². The van der Waals surface area contributed by atoms with Crippen LogP contribution in [-0.4, -0.2) is 17.7 Å². The lowest BCUT2D eigenvalue weighted by molar-refractivity contribution is 0.0511. The average Bonchev–Trinajstić information content (AvgIpc) is 2.43. The van der Waals surface area contributed by atoms with Gasteiger partial charge in [0.1, 0.15) is 5.60 Å². The quantitative estimate of drug-likeness (QED) is 0.731. The van der Waals surface area contributed by atoms with Crippen LogP contribution in [-0.2, 0) is 4.74 Å². The summed E-state index contributed by atoms with van der Waals surface area (Å²) >= 11 is 0. The fraction of sp³-hybridized carbons (Fsp3) is 0.769. The molecule has 0 aromatic carbocycles. The van der Waals surface area contributed by atoms with Crippen LogP contribution in [0.4, 0.5) is 4.79 Å². The van der Waals surface area contributed by atoms with E-state index in [4.69, 9.17) is 4.74 Å². The molecule has 16 heavy (non-hydrogen) atoms. The van der Waals surface area contributed by atoms with Gasteiger partial charge in [-0.2, -0.15) is 0 Å². The minimum absolute atomic E-state index is 0.180. The number of amides is 1. The van der Waals surface area contributed by atoms with E-state index in [2.05, 4.69) is 19.2 Å². The lowest BCUT2D eigenvalue weighted by Crippen LogP contribution is -2.39. The molecule has 1 aliphatic carbocycles. The Kier molecular flexibility index (Phi) is 4.00. The molecule has 1 N–H and O–H groups in total. The maximum Gasteiger partial charge on any atom is 0.408 e. The van der Waals surface area contributed by atoms with E-state index in [0.717, 1.165) is 19.3 Å². The summed E-state index contributed by atoms with van der Waals surface area (Å²) in [6, 6.07) is 0.180. The van der Waals surface area contributed by atoms with Crippen molar-refractivity contribution in [2.24, 2.45) is 0 Å². The molecule has 1 rings (SSSR count). The van der Waals surface area contributed by atoms with Gasteiger partial charge in [0.15, 0.2) is 0 Å². The lowest BCUT2D eigenvalue weighted by atomic mass is 10.1. The molecule has 3 heteroatoms. The summed E-state index contributed by atoms with van der Waals surface area (Å²) < 4.78 is 5.26. The van der Waals surface area contributed by atoms with Gasteiger partial charge < -0.3 is 10.1 Å². The second kappa shape index (κ2) is 4.89. The van der Waals surface area contributed by atoms with Crippen LogP contribution in [0.2, 0.25) is 0 Å². The third-order valence-corrected chi connectivity index (χ3v) is 2.85. The molecule has 0 fully saturated rings. The number of hydrogen-bond donors (Lipinski definition) is 1. The smallest absolute Gasteiger partial charge is 0.408 e. The van der Waals surface area contributed by atoms with Crippen LogP contribution in [0.3, 0.4) is 0 Å². The number of ether oxygens (including phenoxy) is 1. The van der Waals surface area contributed by atoms with Gasteiger partial charge in [-0.25, -0.2) is 4.79 Å². The number of rotatable bonds is 2. The molecule has 0 radical (unpaired) electrons. The highest BCUT2D eigenvalue weighted by atomic mass is 16.6. The van der Waals surface area contributed by atoms with Gasteiger partial charge in [0.05, 0.1) is 6.04 Å². The largest absolute Gasteiger partial charge is 0.444 e. The van der Waals surface area contributed by atoms with Crippen LogP contribution in [0.5, 0.6) is 0 Å². The normalized spacial score (nSPS) is 21.2. The molecule has 3 nitrogen and oxygen atoms in total. The molecule has 0 saturated heterocycles. The van der Waals surface area contributed by atoms with E-state index >= 15 is 0 Å². The number of carbonyl (C=O) groups is 1. The summed E-state index contributed by atoms with van der Waals surface area (Å²) in [5.41, 5.74) is 2.36.